The average molecular weight is 200 g/mol. The first-order chi connectivity index (χ1) is 6.53. The molecule has 1 aromatic carbocycles. The average Bonchev–Trinajstić information content (AvgIpc) is 2.16. The van der Waals surface area contributed by atoms with E-state index in [1.807, 2.05) is 0 Å². The zero-order chi connectivity index (χ0) is 10.3. The van der Waals surface area contributed by atoms with Gasteiger partial charge in [-0.2, -0.15) is 8.78 Å². The van der Waals surface area contributed by atoms with Crippen LogP contribution in [-0.4, -0.2) is 12.0 Å². The summed E-state index contributed by atoms with van der Waals surface area (Å²) in [6.07, 6.45) is -3.13. The molecule has 0 aliphatic heterocycles. The molecule has 1 nitrogen and oxygen atoms in total. The first kappa shape index (κ1) is 9.24. The minimum Gasteiger partial charge on any atom is -0.294 e. The van der Waals surface area contributed by atoms with E-state index in [0.717, 1.165) is 6.07 Å². The summed E-state index contributed by atoms with van der Waals surface area (Å²) in [6.45, 7) is 0. The monoisotopic (exact) mass is 200 g/mol. The van der Waals surface area contributed by atoms with E-state index >= 15 is 0 Å². The van der Waals surface area contributed by atoms with Gasteiger partial charge in [-0.1, -0.05) is 24.3 Å². The SMILES string of the molecule is O=C1CC(F)C(F)(F)c2ccccc21. The number of rotatable bonds is 0. The van der Waals surface area contributed by atoms with Gasteiger partial charge in [-0.15, -0.1) is 0 Å². The van der Waals surface area contributed by atoms with E-state index in [1.54, 1.807) is 0 Å². The number of Topliss-reactive ketones (excluding diaryl/α,β-unsaturated/α-hetero) is 1. The van der Waals surface area contributed by atoms with E-state index in [-0.39, 0.29) is 5.56 Å². The molecule has 1 aromatic rings. The van der Waals surface area contributed by atoms with Crippen LogP contribution in [-0.2, 0) is 5.92 Å². The van der Waals surface area contributed by atoms with Crippen molar-refractivity contribution >= 4 is 5.78 Å². The van der Waals surface area contributed by atoms with Crippen molar-refractivity contribution in [2.45, 2.75) is 18.5 Å². The number of halogens is 3. The van der Waals surface area contributed by atoms with E-state index < -0.39 is 29.9 Å². The number of carbonyl (C=O) groups excluding carboxylic acids is 1. The molecule has 0 amide bonds. The Kier molecular flexibility index (Phi) is 1.87. The van der Waals surface area contributed by atoms with Gasteiger partial charge in [0.25, 0.3) is 0 Å². The minimum absolute atomic E-state index is 0.0635. The van der Waals surface area contributed by atoms with Gasteiger partial charge in [0, 0.05) is 17.5 Å². The van der Waals surface area contributed by atoms with E-state index in [0.29, 0.717) is 0 Å². The summed E-state index contributed by atoms with van der Waals surface area (Å²) >= 11 is 0. The number of hydrogen-bond acceptors (Lipinski definition) is 1. The maximum absolute atomic E-state index is 13.2. The standard InChI is InChI=1S/C10H7F3O/c11-9-5-8(14)6-3-1-2-4-7(6)10(9,12)13/h1-4,9H,5H2. The summed E-state index contributed by atoms with van der Waals surface area (Å²) in [5, 5.41) is 0. The van der Waals surface area contributed by atoms with Gasteiger partial charge >= 0.3 is 5.92 Å². The highest BCUT2D eigenvalue weighted by atomic mass is 19.3. The van der Waals surface area contributed by atoms with Gasteiger partial charge in [0.2, 0.25) is 0 Å². The zero-order valence-electron chi connectivity index (χ0n) is 7.14. The third kappa shape index (κ3) is 1.14. The van der Waals surface area contributed by atoms with Crippen LogP contribution in [0.15, 0.2) is 24.3 Å². The Bertz CT molecular complexity index is 387. The molecule has 1 unspecified atom stereocenters. The Labute approximate surface area is 78.5 Å². The minimum atomic E-state index is -3.54. The molecule has 0 aromatic heterocycles. The van der Waals surface area contributed by atoms with Crippen LogP contribution in [0.1, 0.15) is 22.3 Å². The maximum Gasteiger partial charge on any atom is 0.304 e. The lowest BCUT2D eigenvalue weighted by atomic mass is 9.86. The number of fused-ring (bicyclic) bond motifs is 1. The third-order valence-electron chi connectivity index (χ3n) is 2.34. The van der Waals surface area contributed by atoms with E-state index in [2.05, 4.69) is 0 Å². The number of carbonyl (C=O) groups is 1. The highest BCUT2D eigenvalue weighted by Gasteiger charge is 2.48. The summed E-state index contributed by atoms with van der Waals surface area (Å²) in [5.74, 6) is -4.09. The molecule has 2 rings (SSSR count). The number of ketones is 1. The van der Waals surface area contributed by atoms with Gasteiger partial charge in [-0.3, -0.25) is 4.79 Å². The van der Waals surface area contributed by atoms with Crippen molar-refractivity contribution in [2.75, 3.05) is 0 Å². The Morgan fingerprint density at radius 3 is 2.64 bits per heavy atom. The van der Waals surface area contributed by atoms with Crippen molar-refractivity contribution in [2.24, 2.45) is 0 Å². The Morgan fingerprint density at radius 1 is 1.29 bits per heavy atom. The number of hydrogen-bond donors (Lipinski definition) is 0. The normalized spacial score (nSPS) is 24.5. The molecular weight excluding hydrogens is 193 g/mol. The highest BCUT2D eigenvalue weighted by molar-refractivity contribution is 5.99. The summed E-state index contributed by atoms with van der Waals surface area (Å²) in [7, 11) is 0. The highest BCUT2D eigenvalue weighted by Crippen LogP contribution is 2.41. The fourth-order valence-electron chi connectivity index (χ4n) is 1.59. The van der Waals surface area contributed by atoms with Gasteiger partial charge in [-0.05, 0) is 0 Å². The lowest BCUT2D eigenvalue weighted by Gasteiger charge is -2.27. The first-order valence-electron chi connectivity index (χ1n) is 4.18. The van der Waals surface area contributed by atoms with E-state index in [1.165, 1.54) is 18.2 Å². The quantitative estimate of drug-likeness (QED) is 0.629. The Hall–Kier alpha value is -1.32. The first-order valence-corrected chi connectivity index (χ1v) is 4.18. The zero-order valence-corrected chi connectivity index (χ0v) is 7.14. The smallest absolute Gasteiger partial charge is 0.294 e. The molecule has 0 heterocycles. The maximum atomic E-state index is 13.2. The molecule has 0 spiro atoms. The molecule has 74 valence electrons. The second kappa shape index (κ2) is 2.83. The summed E-state index contributed by atoms with van der Waals surface area (Å²) in [6, 6.07) is 5.26. The molecule has 14 heavy (non-hydrogen) atoms. The van der Waals surface area contributed by atoms with Crippen molar-refractivity contribution < 1.29 is 18.0 Å². The second-order valence-electron chi connectivity index (χ2n) is 3.26. The van der Waals surface area contributed by atoms with Crippen LogP contribution in [0.4, 0.5) is 13.2 Å². The summed E-state index contributed by atoms with van der Waals surface area (Å²) < 4.78 is 39.4. The lowest BCUT2D eigenvalue weighted by Crippen LogP contribution is -2.36. The van der Waals surface area contributed by atoms with Crippen molar-refractivity contribution in [3.63, 3.8) is 0 Å². The third-order valence-corrected chi connectivity index (χ3v) is 2.34. The van der Waals surface area contributed by atoms with Crippen molar-refractivity contribution in [3.8, 4) is 0 Å². The van der Waals surface area contributed by atoms with Crippen LogP contribution in [0.25, 0.3) is 0 Å². The number of alkyl halides is 3. The van der Waals surface area contributed by atoms with Gasteiger partial charge in [0.05, 0.1) is 0 Å². The molecule has 1 atom stereocenters. The summed E-state index contributed by atoms with van der Waals surface area (Å²) in [4.78, 5) is 11.2. The van der Waals surface area contributed by atoms with Crippen LogP contribution < -0.4 is 0 Å². The van der Waals surface area contributed by atoms with Crippen LogP contribution in [0.2, 0.25) is 0 Å². The van der Waals surface area contributed by atoms with Crippen molar-refractivity contribution in [3.05, 3.63) is 35.4 Å². The Balaban J connectivity index is 2.63. The van der Waals surface area contributed by atoms with Crippen LogP contribution in [0, 0.1) is 0 Å². The molecule has 0 fully saturated rings. The second-order valence-corrected chi connectivity index (χ2v) is 3.26. The molecule has 4 heteroatoms. The fraction of sp³-hybridized carbons (Fsp3) is 0.300. The molecule has 0 radical (unpaired) electrons. The van der Waals surface area contributed by atoms with Crippen molar-refractivity contribution in [1.82, 2.24) is 0 Å². The number of benzene rings is 1. The lowest BCUT2D eigenvalue weighted by molar-refractivity contribution is -0.0827. The molecular formula is C10H7F3O. The van der Waals surface area contributed by atoms with Gasteiger partial charge in [-0.25, -0.2) is 4.39 Å². The van der Waals surface area contributed by atoms with Crippen LogP contribution >= 0.6 is 0 Å². The van der Waals surface area contributed by atoms with Crippen LogP contribution in [0.3, 0.4) is 0 Å². The van der Waals surface area contributed by atoms with Gasteiger partial charge in [0.15, 0.2) is 12.0 Å². The predicted octanol–water partition coefficient (Wildman–Crippen LogP) is 2.70. The topological polar surface area (TPSA) is 17.1 Å². The van der Waals surface area contributed by atoms with E-state index in [4.69, 9.17) is 0 Å². The molecule has 0 saturated carbocycles. The van der Waals surface area contributed by atoms with Crippen LogP contribution in [0.5, 0.6) is 0 Å². The predicted molar refractivity (Wildman–Crippen MR) is 44.2 cm³/mol. The Morgan fingerprint density at radius 2 is 1.93 bits per heavy atom. The van der Waals surface area contributed by atoms with Crippen molar-refractivity contribution in [1.29, 1.82) is 0 Å². The molecule has 0 saturated heterocycles. The molecule has 1 aliphatic carbocycles. The fourth-order valence-corrected chi connectivity index (χ4v) is 1.59. The molecule has 1 aliphatic rings. The summed E-state index contributed by atoms with van der Waals surface area (Å²) in [5.41, 5.74) is -0.560. The van der Waals surface area contributed by atoms with Gasteiger partial charge < -0.3 is 0 Å². The molecule has 0 bridgehead atoms. The van der Waals surface area contributed by atoms with Gasteiger partial charge in [0.1, 0.15) is 0 Å². The largest absolute Gasteiger partial charge is 0.304 e. The molecule has 0 N–H and O–H groups in total. The van der Waals surface area contributed by atoms with E-state index in [9.17, 15) is 18.0 Å².